The van der Waals surface area contributed by atoms with E-state index in [9.17, 15) is 9.50 Å². The fourth-order valence-corrected chi connectivity index (χ4v) is 6.22. The number of unbranched alkanes of at least 4 members (excludes halogenated alkanes) is 2. The molecule has 0 amide bonds. The van der Waals surface area contributed by atoms with Crippen molar-refractivity contribution in [3.05, 3.63) is 53.8 Å². The molecule has 0 bridgehead atoms. The molecular formula is C29H39FO. The van der Waals surface area contributed by atoms with Gasteiger partial charge in [0.1, 0.15) is 11.6 Å². The molecule has 0 atom stereocenters. The maximum Gasteiger partial charge on any atom is 0.127 e. The van der Waals surface area contributed by atoms with Crippen molar-refractivity contribution in [1.82, 2.24) is 0 Å². The van der Waals surface area contributed by atoms with Crippen LogP contribution in [0.4, 0.5) is 4.39 Å². The SMILES string of the molecule is CCCCCC1CCC(C2CCC(c3ccc(-c4ccc(O)cc4)cc3F)CC2)CC1. The van der Waals surface area contributed by atoms with Gasteiger partial charge in [-0.3, -0.25) is 0 Å². The van der Waals surface area contributed by atoms with E-state index in [1.54, 1.807) is 18.2 Å². The van der Waals surface area contributed by atoms with E-state index >= 15 is 0 Å². The second kappa shape index (κ2) is 10.7. The Morgan fingerprint density at radius 3 is 2.00 bits per heavy atom. The Balaban J connectivity index is 1.28. The van der Waals surface area contributed by atoms with Crippen LogP contribution in [0.1, 0.15) is 95.5 Å². The molecule has 2 aromatic carbocycles. The van der Waals surface area contributed by atoms with Gasteiger partial charge in [0.15, 0.2) is 0 Å². The topological polar surface area (TPSA) is 20.2 Å². The third-order valence-corrected chi connectivity index (χ3v) is 8.19. The summed E-state index contributed by atoms with van der Waals surface area (Å²) < 4.78 is 15.0. The van der Waals surface area contributed by atoms with E-state index in [0.717, 1.165) is 47.3 Å². The van der Waals surface area contributed by atoms with Crippen molar-refractivity contribution in [3.8, 4) is 16.9 Å². The Kier molecular flexibility index (Phi) is 7.69. The quantitative estimate of drug-likeness (QED) is 0.442. The molecule has 0 aromatic heterocycles. The highest BCUT2D eigenvalue weighted by Gasteiger charge is 2.31. The fourth-order valence-electron chi connectivity index (χ4n) is 6.22. The third kappa shape index (κ3) is 5.70. The van der Waals surface area contributed by atoms with Crippen molar-refractivity contribution < 1.29 is 9.50 Å². The molecule has 2 aliphatic carbocycles. The molecule has 1 nitrogen and oxygen atoms in total. The van der Waals surface area contributed by atoms with Gasteiger partial charge >= 0.3 is 0 Å². The highest BCUT2D eigenvalue weighted by atomic mass is 19.1. The molecule has 2 heteroatoms. The Morgan fingerprint density at radius 1 is 0.774 bits per heavy atom. The molecule has 0 spiro atoms. The summed E-state index contributed by atoms with van der Waals surface area (Å²) in [5.41, 5.74) is 2.73. The number of hydrogen-bond donors (Lipinski definition) is 1. The van der Waals surface area contributed by atoms with Gasteiger partial charge in [-0.2, -0.15) is 0 Å². The van der Waals surface area contributed by atoms with Crippen LogP contribution in [0.15, 0.2) is 42.5 Å². The Hall–Kier alpha value is -1.83. The summed E-state index contributed by atoms with van der Waals surface area (Å²) in [7, 11) is 0. The average Bonchev–Trinajstić information content (AvgIpc) is 2.80. The minimum absolute atomic E-state index is 0.0680. The van der Waals surface area contributed by atoms with E-state index in [1.807, 2.05) is 24.3 Å². The van der Waals surface area contributed by atoms with Crippen molar-refractivity contribution in [1.29, 1.82) is 0 Å². The predicted molar refractivity (Wildman–Crippen MR) is 128 cm³/mol. The molecule has 2 fully saturated rings. The van der Waals surface area contributed by atoms with Crippen molar-refractivity contribution in [2.45, 2.75) is 89.9 Å². The summed E-state index contributed by atoms with van der Waals surface area (Å²) in [6.07, 6.45) is 16.2. The minimum Gasteiger partial charge on any atom is -0.508 e. The van der Waals surface area contributed by atoms with Crippen molar-refractivity contribution >= 4 is 0 Å². The standard InChI is InChI=1S/C29H39FO/c1-2-3-4-5-21-6-8-22(9-7-21)23-10-12-25(13-11-23)28-19-16-26(20-29(28)30)24-14-17-27(31)18-15-24/h14-23,25,31H,2-13H2,1H3. The lowest BCUT2D eigenvalue weighted by atomic mass is 9.68. The molecule has 0 unspecified atom stereocenters. The average molecular weight is 423 g/mol. The monoisotopic (exact) mass is 422 g/mol. The number of aromatic hydroxyl groups is 1. The van der Waals surface area contributed by atoms with Crippen LogP contribution in [0.2, 0.25) is 0 Å². The Morgan fingerprint density at radius 2 is 1.39 bits per heavy atom. The maximum absolute atomic E-state index is 15.0. The third-order valence-electron chi connectivity index (χ3n) is 8.19. The molecule has 1 N–H and O–H groups in total. The first-order valence-corrected chi connectivity index (χ1v) is 12.7. The normalized spacial score (nSPS) is 26.6. The molecule has 4 rings (SSSR count). The van der Waals surface area contributed by atoms with Gasteiger partial charge in [0, 0.05) is 0 Å². The van der Waals surface area contributed by atoms with E-state index in [1.165, 1.54) is 64.2 Å². The minimum atomic E-state index is -0.0680. The van der Waals surface area contributed by atoms with Gasteiger partial charge in [0.2, 0.25) is 0 Å². The highest BCUT2D eigenvalue weighted by Crippen LogP contribution is 2.45. The molecule has 0 radical (unpaired) electrons. The molecule has 2 aromatic rings. The summed E-state index contributed by atoms with van der Waals surface area (Å²) in [6, 6.07) is 12.7. The van der Waals surface area contributed by atoms with Crippen molar-refractivity contribution in [2.75, 3.05) is 0 Å². The molecule has 31 heavy (non-hydrogen) atoms. The van der Waals surface area contributed by atoms with Crippen molar-refractivity contribution in [3.63, 3.8) is 0 Å². The van der Waals surface area contributed by atoms with Crippen LogP contribution in [-0.2, 0) is 0 Å². The zero-order valence-corrected chi connectivity index (χ0v) is 19.2. The van der Waals surface area contributed by atoms with Gasteiger partial charge in [0.05, 0.1) is 0 Å². The number of phenolic OH excluding ortho intramolecular Hbond substituents is 1. The van der Waals surface area contributed by atoms with Crippen LogP contribution >= 0.6 is 0 Å². The zero-order valence-electron chi connectivity index (χ0n) is 19.2. The lowest BCUT2D eigenvalue weighted by Crippen LogP contribution is -2.25. The molecule has 0 heterocycles. The number of rotatable bonds is 7. The van der Waals surface area contributed by atoms with E-state index < -0.39 is 0 Å². The number of halogens is 1. The number of benzene rings is 2. The fraction of sp³-hybridized carbons (Fsp3) is 0.586. The first kappa shape index (κ1) is 22.4. The van der Waals surface area contributed by atoms with Crippen molar-refractivity contribution in [2.24, 2.45) is 17.8 Å². The van der Waals surface area contributed by atoms with E-state index in [2.05, 4.69) is 6.92 Å². The molecule has 2 aliphatic rings. The summed E-state index contributed by atoms with van der Waals surface area (Å²) in [5.74, 6) is 3.32. The predicted octanol–water partition coefficient (Wildman–Crippen LogP) is 8.86. The molecule has 168 valence electrons. The second-order valence-corrected chi connectivity index (χ2v) is 10.2. The first-order chi connectivity index (χ1) is 15.1. The van der Waals surface area contributed by atoms with Gasteiger partial charge in [-0.05, 0) is 97.1 Å². The lowest BCUT2D eigenvalue weighted by Gasteiger charge is -2.38. The largest absolute Gasteiger partial charge is 0.508 e. The Bertz CT molecular complexity index is 811. The second-order valence-electron chi connectivity index (χ2n) is 10.2. The van der Waals surface area contributed by atoms with Gasteiger partial charge < -0.3 is 5.11 Å². The van der Waals surface area contributed by atoms with Gasteiger partial charge in [-0.25, -0.2) is 4.39 Å². The summed E-state index contributed by atoms with van der Waals surface area (Å²) >= 11 is 0. The number of hydrogen-bond acceptors (Lipinski definition) is 1. The molecule has 2 saturated carbocycles. The van der Waals surface area contributed by atoms with Gasteiger partial charge in [-0.15, -0.1) is 0 Å². The lowest BCUT2D eigenvalue weighted by molar-refractivity contribution is 0.155. The van der Waals surface area contributed by atoms with E-state index in [4.69, 9.17) is 0 Å². The summed E-state index contributed by atoms with van der Waals surface area (Å²) in [6.45, 7) is 2.29. The van der Waals surface area contributed by atoms with Gasteiger partial charge in [-0.1, -0.05) is 69.7 Å². The number of phenols is 1. The summed E-state index contributed by atoms with van der Waals surface area (Å²) in [4.78, 5) is 0. The first-order valence-electron chi connectivity index (χ1n) is 12.7. The molecule has 0 aliphatic heterocycles. The Labute approximate surface area is 188 Å². The van der Waals surface area contributed by atoms with E-state index in [-0.39, 0.29) is 11.6 Å². The molecule has 0 saturated heterocycles. The summed E-state index contributed by atoms with van der Waals surface area (Å²) in [5, 5.41) is 9.47. The maximum atomic E-state index is 15.0. The zero-order chi connectivity index (χ0) is 21.6. The molecular weight excluding hydrogens is 383 g/mol. The van der Waals surface area contributed by atoms with Crippen LogP contribution < -0.4 is 0 Å². The van der Waals surface area contributed by atoms with Crippen LogP contribution in [0.3, 0.4) is 0 Å². The smallest absolute Gasteiger partial charge is 0.127 e. The highest BCUT2D eigenvalue weighted by molar-refractivity contribution is 5.64. The van der Waals surface area contributed by atoms with Crippen LogP contribution in [0.5, 0.6) is 5.75 Å². The van der Waals surface area contributed by atoms with Crippen LogP contribution in [0.25, 0.3) is 11.1 Å². The van der Waals surface area contributed by atoms with Crippen LogP contribution in [0, 0.1) is 23.6 Å². The van der Waals surface area contributed by atoms with Gasteiger partial charge in [0.25, 0.3) is 0 Å². The van der Waals surface area contributed by atoms with E-state index in [0.29, 0.717) is 5.92 Å². The van der Waals surface area contributed by atoms with Crippen LogP contribution in [-0.4, -0.2) is 5.11 Å².